The molecule has 0 radical (unpaired) electrons. The normalized spacial score (nSPS) is 13.5. The van der Waals surface area contributed by atoms with E-state index in [1.807, 2.05) is 32.9 Å². The third kappa shape index (κ3) is 4.82. The lowest BCUT2D eigenvalue weighted by atomic mass is 9.81. The molecule has 0 saturated heterocycles. The number of aromatic hydroxyl groups is 1. The van der Waals surface area contributed by atoms with E-state index in [2.05, 4.69) is 21.9 Å². The Morgan fingerprint density at radius 2 is 2.00 bits per heavy atom. The third-order valence-corrected chi connectivity index (χ3v) is 5.40. The van der Waals surface area contributed by atoms with E-state index < -0.39 is 0 Å². The Morgan fingerprint density at radius 1 is 1.23 bits per heavy atom. The van der Waals surface area contributed by atoms with Crippen LogP contribution < -0.4 is 15.7 Å². The molecule has 2 heterocycles. The van der Waals surface area contributed by atoms with Gasteiger partial charge in [0.2, 0.25) is 11.3 Å². The molecule has 0 aliphatic rings. The van der Waals surface area contributed by atoms with Gasteiger partial charge in [-0.25, -0.2) is 0 Å². The highest BCUT2D eigenvalue weighted by molar-refractivity contribution is 6.01. The predicted octanol–water partition coefficient (Wildman–Crippen LogP) is 3.83. The number of H-pyrrole nitrogens is 2. The molecular weight excluding hydrogens is 394 g/mol. The number of hydrogen-bond donors (Lipinski definition) is 3. The summed E-state index contributed by atoms with van der Waals surface area (Å²) in [4.78, 5) is 34.2. The molecule has 1 atom stereocenters. The van der Waals surface area contributed by atoms with Crippen molar-refractivity contribution in [1.82, 2.24) is 9.97 Å². The van der Waals surface area contributed by atoms with E-state index in [9.17, 15) is 14.7 Å². The molecule has 0 spiro atoms. The van der Waals surface area contributed by atoms with E-state index in [4.69, 9.17) is 4.74 Å². The van der Waals surface area contributed by atoms with Crippen LogP contribution in [0.15, 0.2) is 45.0 Å². The van der Waals surface area contributed by atoms with Crippen LogP contribution in [0.3, 0.4) is 0 Å². The zero-order chi connectivity index (χ0) is 22.6. The molecule has 2 aromatic heterocycles. The van der Waals surface area contributed by atoms with Crippen LogP contribution in [-0.2, 0) is 12.0 Å². The Bertz CT molecular complexity index is 1220. The number of aromatic nitrogens is 2. The Hall–Kier alpha value is -3.48. The van der Waals surface area contributed by atoms with E-state index in [0.29, 0.717) is 28.6 Å². The Balaban J connectivity index is 1.94. The second kappa shape index (κ2) is 9.12. The minimum Gasteiger partial charge on any atom is -0.494 e. The molecule has 3 aromatic rings. The van der Waals surface area contributed by atoms with Gasteiger partial charge < -0.3 is 14.8 Å². The van der Waals surface area contributed by atoms with Crippen molar-refractivity contribution in [2.75, 3.05) is 6.61 Å². The summed E-state index contributed by atoms with van der Waals surface area (Å²) >= 11 is 0. The monoisotopic (exact) mass is 422 g/mol. The van der Waals surface area contributed by atoms with Gasteiger partial charge in [0.05, 0.1) is 25.6 Å². The number of pyridine rings is 2. The lowest BCUT2D eigenvalue weighted by molar-refractivity contribution is 0.313. The topological polar surface area (TPSA) is 108 Å². The molecule has 7 nitrogen and oxygen atoms in total. The first-order valence-electron chi connectivity index (χ1n) is 10.4. The fourth-order valence-electron chi connectivity index (χ4n) is 3.20. The van der Waals surface area contributed by atoms with E-state index in [1.54, 1.807) is 6.07 Å². The number of aliphatic imine (C=N–C) groups is 1. The summed E-state index contributed by atoms with van der Waals surface area (Å²) in [5.74, 6) is 0.0241. The molecule has 3 N–H and O–H groups in total. The Kier molecular flexibility index (Phi) is 6.53. The molecule has 3 rings (SSSR count). The first-order valence-corrected chi connectivity index (χ1v) is 10.4. The van der Waals surface area contributed by atoms with Gasteiger partial charge in [-0.05, 0) is 31.9 Å². The number of nitrogens with zero attached hydrogens (tertiary/aromatic N) is 1. The number of benzene rings is 1. The average Bonchev–Trinajstić information content (AvgIpc) is 2.75. The molecule has 162 valence electrons. The molecule has 0 saturated carbocycles. The molecule has 7 heteroatoms. The van der Waals surface area contributed by atoms with Gasteiger partial charge in [-0.2, -0.15) is 0 Å². The minimum absolute atomic E-state index is 0.199. The van der Waals surface area contributed by atoms with Crippen molar-refractivity contribution >= 4 is 17.0 Å². The quantitative estimate of drug-likeness (QED) is 0.379. The van der Waals surface area contributed by atoms with Gasteiger partial charge in [-0.15, -0.1) is 0 Å². The number of ether oxygens (including phenoxy) is 1. The summed E-state index contributed by atoms with van der Waals surface area (Å²) in [7, 11) is 0. The van der Waals surface area contributed by atoms with Crippen molar-refractivity contribution in [3.05, 3.63) is 74.8 Å². The van der Waals surface area contributed by atoms with E-state index in [-0.39, 0.29) is 34.6 Å². The highest BCUT2D eigenvalue weighted by Crippen LogP contribution is 2.30. The zero-order valence-corrected chi connectivity index (χ0v) is 18.1. The first kappa shape index (κ1) is 22.2. The summed E-state index contributed by atoms with van der Waals surface area (Å²) in [6.07, 6.45) is 4.67. The van der Waals surface area contributed by atoms with E-state index in [1.165, 1.54) is 18.5 Å². The molecule has 0 fully saturated rings. The van der Waals surface area contributed by atoms with Gasteiger partial charge in [0.15, 0.2) is 5.75 Å². The second-order valence-electron chi connectivity index (χ2n) is 7.90. The van der Waals surface area contributed by atoms with Gasteiger partial charge in [0.1, 0.15) is 5.41 Å². The number of nitrogens with one attached hydrogen (secondary N) is 2. The van der Waals surface area contributed by atoms with Crippen LogP contribution in [0.25, 0.3) is 10.8 Å². The maximum atomic E-state index is 12.3. The van der Waals surface area contributed by atoms with Gasteiger partial charge >= 0.3 is 0 Å². The molecular formula is C24H28N3O4+. The zero-order valence-electron chi connectivity index (χ0n) is 18.1. The SMILES string of the molecule is [CH2+]C(C)(CC)c1ccc2c(=O)[nH]c(O)c(C=NCc3cc(=O)c(OCCC)c[nH]3)c2c1. The van der Waals surface area contributed by atoms with Crippen LogP contribution in [-0.4, -0.2) is 27.9 Å². The van der Waals surface area contributed by atoms with E-state index in [0.717, 1.165) is 18.4 Å². The fourth-order valence-corrected chi connectivity index (χ4v) is 3.20. The van der Waals surface area contributed by atoms with Gasteiger partial charge in [-0.3, -0.25) is 19.6 Å². The molecule has 31 heavy (non-hydrogen) atoms. The third-order valence-electron chi connectivity index (χ3n) is 5.40. The maximum absolute atomic E-state index is 12.3. The summed E-state index contributed by atoms with van der Waals surface area (Å²) < 4.78 is 5.38. The summed E-state index contributed by atoms with van der Waals surface area (Å²) in [6.45, 7) is 11.0. The molecule has 1 unspecified atom stereocenters. The molecule has 0 aliphatic heterocycles. The van der Waals surface area contributed by atoms with E-state index >= 15 is 0 Å². The molecule has 0 amide bonds. The van der Waals surface area contributed by atoms with Crippen molar-refractivity contribution in [3.63, 3.8) is 0 Å². The van der Waals surface area contributed by atoms with Gasteiger partial charge in [-0.1, -0.05) is 19.9 Å². The van der Waals surface area contributed by atoms with Crippen molar-refractivity contribution in [2.24, 2.45) is 4.99 Å². The standard InChI is InChI=1S/C24H27N3O4/c1-5-9-31-21-14-26-16(11-20(21)28)12-25-13-19-18-10-15(24(3,4)6-2)7-8-17(18)22(29)27-23(19)30/h7-8,10-11,13-14H,3,5-6,9,12H2,1-2,4H3,(H2-,25,26,27,28,29,30)/p+1. The number of aromatic amines is 2. The average molecular weight is 423 g/mol. The summed E-state index contributed by atoms with van der Waals surface area (Å²) in [5.41, 5.74) is 1.08. The summed E-state index contributed by atoms with van der Waals surface area (Å²) in [5, 5.41) is 11.4. The number of hydrogen-bond acceptors (Lipinski definition) is 5. The highest BCUT2D eigenvalue weighted by atomic mass is 16.5. The Labute approximate surface area is 180 Å². The Morgan fingerprint density at radius 3 is 2.68 bits per heavy atom. The van der Waals surface area contributed by atoms with Crippen molar-refractivity contribution in [3.8, 4) is 11.6 Å². The molecule has 1 aromatic carbocycles. The van der Waals surface area contributed by atoms with Crippen molar-refractivity contribution in [2.45, 2.75) is 45.6 Å². The maximum Gasteiger partial charge on any atom is 0.258 e. The van der Waals surface area contributed by atoms with Crippen LogP contribution in [0, 0.1) is 6.92 Å². The van der Waals surface area contributed by atoms with Crippen molar-refractivity contribution in [1.29, 1.82) is 0 Å². The highest BCUT2D eigenvalue weighted by Gasteiger charge is 2.26. The molecule has 0 bridgehead atoms. The minimum atomic E-state index is -0.370. The second-order valence-corrected chi connectivity index (χ2v) is 7.90. The van der Waals surface area contributed by atoms with Crippen LogP contribution >= 0.6 is 0 Å². The first-order chi connectivity index (χ1) is 14.8. The van der Waals surface area contributed by atoms with Crippen LogP contribution in [0.4, 0.5) is 0 Å². The number of fused-ring (bicyclic) bond motifs is 1. The lowest BCUT2D eigenvalue weighted by Gasteiger charge is -2.17. The van der Waals surface area contributed by atoms with Crippen LogP contribution in [0.5, 0.6) is 11.6 Å². The fraction of sp³-hybridized carbons (Fsp3) is 0.333. The smallest absolute Gasteiger partial charge is 0.258 e. The van der Waals surface area contributed by atoms with Gasteiger partial charge in [0.25, 0.3) is 5.56 Å². The molecule has 0 aliphatic carbocycles. The van der Waals surface area contributed by atoms with Crippen molar-refractivity contribution < 1.29 is 9.84 Å². The van der Waals surface area contributed by atoms with Gasteiger partial charge in [0, 0.05) is 40.5 Å². The van der Waals surface area contributed by atoms with Crippen LogP contribution in [0.1, 0.15) is 50.4 Å². The summed E-state index contributed by atoms with van der Waals surface area (Å²) in [6, 6.07) is 6.95. The lowest BCUT2D eigenvalue weighted by Crippen LogP contribution is -2.17. The largest absolute Gasteiger partial charge is 0.494 e. The number of rotatable bonds is 8. The van der Waals surface area contributed by atoms with Crippen LogP contribution in [0.2, 0.25) is 0 Å². The predicted molar refractivity (Wildman–Crippen MR) is 123 cm³/mol.